The van der Waals surface area contributed by atoms with Gasteiger partial charge in [0.2, 0.25) is 0 Å². The lowest BCUT2D eigenvalue weighted by molar-refractivity contribution is 0.332. The lowest BCUT2D eigenvalue weighted by Gasteiger charge is -2.44. The fourth-order valence-corrected chi connectivity index (χ4v) is 12.8. The predicted octanol–water partition coefficient (Wildman–Crippen LogP) is 16.3. The van der Waals surface area contributed by atoms with Gasteiger partial charge >= 0.3 is 0 Å². The topological polar surface area (TPSA) is 19.6 Å². The first kappa shape index (κ1) is 48.4. The highest BCUT2D eigenvalue weighted by atomic mass is 28.3. The standard InChI is InChI=1S/C65H79BN2OSi/c1-60(2,3)41-22-26-45(27-23-41)67-54-36-44(63(10,11)12)37-55-57(54)66(59-58(67)48-38-49-50(39-56(48)69-59)65(15,16)33-32-64(49,13)14)51-35-43(62(7,8)9)25-31-53(51)68(55)52-30-24-42(61(4,5)6)34-47(52)40-20-28-46(29-21-40)70(17,18)19/h20-31,34-39H,32-33H2,1-19H3. The minimum atomic E-state index is -1.53. The fraction of sp³-hybridized carbons (Fsp3) is 0.415. The zero-order valence-electron chi connectivity index (χ0n) is 46.2. The highest BCUT2D eigenvalue weighted by molar-refractivity contribution is 7.00. The van der Waals surface area contributed by atoms with Crippen LogP contribution in [0, 0.1) is 0 Å². The van der Waals surface area contributed by atoms with E-state index in [9.17, 15) is 0 Å². The second kappa shape index (κ2) is 15.6. The van der Waals surface area contributed by atoms with Crippen molar-refractivity contribution in [2.75, 3.05) is 9.80 Å². The van der Waals surface area contributed by atoms with Crippen molar-refractivity contribution < 1.29 is 4.42 Å². The Morgan fingerprint density at radius 1 is 0.500 bits per heavy atom. The van der Waals surface area contributed by atoms with E-state index in [1.165, 1.54) is 94.4 Å². The van der Waals surface area contributed by atoms with E-state index in [-0.39, 0.29) is 39.2 Å². The van der Waals surface area contributed by atoms with Gasteiger partial charge in [0.25, 0.3) is 6.71 Å². The molecule has 2 aliphatic heterocycles. The summed E-state index contributed by atoms with van der Waals surface area (Å²) < 4.78 is 7.65. The first-order valence-electron chi connectivity index (χ1n) is 26.3. The van der Waals surface area contributed by atoms with Crippen molar-refractivity contribution in [3.8, 4) is 11.1 Å². The second-order valence-electron chi connectivity index (χ2n) is 27.9. The van der Waals surface area contributed by atoms with E-state index >= 15 is 0 Å². The van der Waals surface area contributed by atoms with Crippen LogP contribution in [0.1, 0.15) is 157 Å². The van der Waals surface area contributed by atoms with Crippen LogP contribution in [-0.2, 0) is 32.5 Å². The van der Waals surface area contributed by atoms with Crippen LogP contribution >= 0.6 is 0 Å². The summed E-state index contributed by atoms with van der Waals surface area (Å²) in [4.78, 5) is 5.24. The third kappa shape index (κ3) is 7.92. The smallest absolute Gasteiger partial charge is 0.297 e. The first-order chi connectivity index (χ1) is 32.3. The molecule has 0 saturated carbocycles. The molecule has 1 aromatic heterocycles. The van der Waals surface area contributed by atoms with Crippen molar-refractivity contribution in [3.63, 3.8) is 0 Å². The molecule has 6 aromatic carbocycles. The lowest BCUT2D eigenvalue weighted by atomic mass is 9.35. The molecule has 362 valence electrons. The minimum Gasteiger partial charge on any atom is -0.468 e. The predicted molar refractivity (Wildman–Crippen MR) is 309 cm³/mol. The Labute approximate surface area is 423 Å². The average molecular weight is 943 g/mol. The molecular weight excluding hydrogens is 864 g/mol. The molecule has 0 spiro atoms. The van der Waals surface area contributed by atoms with Crippen LogP contribution < -0.4 is 31.6 Å². The molecule has 10 rings (SSSR count). The van der Waals surface area contributed by atoms with Gasteiger partial charge in [-0.1, -0.05) is 190 Å². The molecule has 0 atom stereocenters. The molecular formula is C65H79BN2OSi. The molecule has 0 saturated heterocycles. The maximum Gasteiger partial charge on any atom is 0.297 e. The van der Waals surface area contributed by atoms with Crippen LogP contribution in [-0.4, -0.2) is 14.8 Å². The molecule has 0 fully saturated rings. The summed E-state index contributed by atoms with van der Waals surface area (Å²) in [6.45, 7) is 45.0. The van der Waals surface area contributed by atoms with Crippen LogP contribution in [0.25, 0.3) is 22.1 Å². The van der Waals surface area contributed by atoms with E-state index in [4.69, 9.17) is 4.42 Å². The number of nitrogens with zero attached hydrogens (tertiary/aromatic N) is 2. The van der Waals surface area contributed by atoms with Crippen molar-refractivity contribution in [2.45, 2.75) is 176 Å². The molecule has 0 bridgehead atoms. The van der Waals surface area contributed by atoms with E-state index in [1.54, 1.807) is 0 Å². The Kier molecular flexibility index (Phi) is 10.8. The number of hydrogen-bond acceptors (Lipinski definition) is 3. The largest absolute Gasteiger partial charge is 0.468 e. The summed E-state index contributed by atoms with van der Waals surface area (Å²) in [6, 6.07) is 43.7. The highest BCUT2D eigenvalue weighted by Gasteiger charge is 2.49. The average Bonchev–Trinajstić information content (AvgIpc) is 3.64. The van der Waals surface area contributed by atoms with Gasteiger partial charge in [-0.05, 0) is 150 Å². The Hall–Kier alpha value is -5.26. The van der Waals surface area contributed by atoms with Crippen molar-refractivity contribution in [1.82, 2.24) is 0 Å². The number of rotatable bonds is 4. The van der Waals surface area contributed by atoms with Gasteiger partial charge in [0.15, 0.2) is 0 Å². The van der Waals surface area contributed by atoms with Crippen LogP contribution in [0.5, 0.6) is 0 Å². The Bertz CT molecular complexity index is 3220. The summed E-state index contributed by atoms with van der Waals surface area (Å²) in [5, 5.41) is 2.67. The quantitative estimate of drug-likeness (QED) is 0.164. The van der Waals surface area contributed by atoms with E-state index in [2.05, 4.69) is 249 Å². The Morgan fingerprint density at radius 3 is 1.54 bits per heavy atom. The number of fused-ring (bicyclic) bond motifs is 7. The molecule has 1 aliphatic carbocycles. The van der Waals surface area contributed by atoms with Crippen molar-refractivity contribution in [3.05, 3.63) is 143 Å². The number of benzene rings is 6. The SMILES string of the molecule is CC(C)(C)c1ccc(N2c3cc(C(C)(C)C)cc4c3B(c3cc(C(C)(C)C)ccc3N4c3ccc(C(C)(C)C)cc3-c3ccc([Si](C)(C)C)cc3)c3oc4cc5c(cc4c32)C(C)(C)CCC5(C)C)cc1. The molecule has 3 aliphatic rings. The third-order valence-corrected chi connectivity index (χ3v) is 18.6. The van der Waals surface area contributed by atoms with Gasteiger partial charge in [-0.25, -0.2) is 0 Å². The lowest BCUT2D eigenvalue weighted by Crippen LogP contribution is -2.61. The van der Waals surface area contributed by atoms with E-state index in [0.717, 1.165) is 29.8 Å². The van der Waals surface area contributed by atoms with E-state index < -0.39 is 8.07 Å². The molecule has 7 aromatic rings. The normalized spacial score (nSPS) is 16.5. The first-order valence-corrected chi connectivity index (χ1v) is 29.8. The summed E-state index contributed by atoms with van der Waals surface area (Å²) in [7, 11) is -1.53. The molecule has 0 radical (unpaired) electrons. The second-order valence-corrected chi connectivity index (χ2v) is 33.0. The maximum absolute atomic E-state index is 7.65. The number of hydrogen-bond donors (Lipinski definition) is 0. The number of anilines is 6. The van der Waals surface area contributed by atoms with Gasteiger partial charge in [-0.15, -0.1) is 0 Å². The van der Waals surface area contributed by atoms with Gasteiger partial charge in [-0.3, -0.25) is 0 Å². The van der Waals surface area contributed by atoms with Gasteiger partial charge in [0.05, 0.1) is 25.1 Å². The van der Waals surface area contributed by atoms with Crippen molar-refractivity contribution in [2.24, 2.45) is 0 Å². The third-order valence-electron chi connectivity index (χ3n) is 16.5. The Morgan fingerprint density at radius 2 is 1.00 bits per heavy atom. The molecule has 0 N–H and O–H groups in total. The summed E-state index contributed by atoms with van der Waals surface area (Å²) in [6.07, 6.45) is 2.30. The molecule has 70 heavy (non-hydrogen) atoms. The van der Waals surface area contributed by atoms with Crippen LogP contribution in [0.15, 0.2) is 114 Å². The maximum atomic E-state index is 7.65. The van der Waals surface area contributed by atoms with Crippen molar-refractivity contribution in [1.29, 1.82) is 0 Å². The molecule has 0 amide bonds. The zero-order chi connectivity index (χ0) is 50.6. The minimum absolute atomic E-state index is 0.0199. The molecule has 3 nitrogen and oxygen atoms in total. The van der Waals surface area contributed by atoms with Crippen LogP contribution in [0.2, 0.25) is 19.6 Å². The molecule has 5 heteroatoms. The Balaban J connectivity index is 1.35. The number of furan rings is 1. The van der Waals surface area contributed by atoms with Gasteiger partial charge < -0.3 is 14.2 Å². The van der Waals surface area contributed by atoms with Crippen LogP contribution in [0.4, 0.5) is 34.1 Å². The highest BCUT2D eigenvalue weighted by Crippen LogP contribution is 2.53. The van der Waals surface area contributed by atoms with Gasteiger partial charge in [0, 0.05) is 33.7 Å². The summed E-state index contributed by atoms with van der Waals surface area (Å²) >= 11 is 0. The van der Waals surface area contributed by atoms with E-state index in [0.29, 0.717) is 0 Å². The van der Waals surface area contributed by atoms with Gasteiger partial charge in [0.1, 0.15) is 5.58 Å². The summed E-state index contributed by atoms with van der Waals surface area (Å²) in [5.74, 6) is 0. The fourth-order valence-electron chi connectivity index (χ4n) is 11.7. The van der Waals surface area contributed by atoms with Crippen LogP contribution in [0.3, 0.4) is 0 Å². The molecule has 0 unspecified atom stereocenters. The van der Waals surface area contributed by atoms with E-state index in [1.807, 2.05) is 0 Å². The van der Waals surface area contributed by atoms with Crippen molar-refractivity contribution >= 4 is 81.7 Å². The summed E-state index contributed by atoms with van der Waals surface area (Å²) in [5.41, 5.74) is 22.3. The molecule has 3 heterocycles. The van der Waals surface area contributed by atoms with Gasteiger partial charge in [-0.2, -0.15) is 0 Å². The zero-order valence-corrected chi connectivity index (χ0v) is 47.2. The monoisotopic (exact) mass is 943 g/mol.